The molecule has 0 saturated carbocycles. The number of hydrogen-bond acceptors (Lipinski definition) is 2. The summed E-state index contributed by atoms with van der Waals surface area (Å²) in [5.74, 6) is 0.836. The molecular formula is C14H23NO. The first-order chi connectivity index (χ1) is 7.47. The molecule has 16 heavy (non-hydrogen) atoms. The Hall–Kier alpha value is -0.890. The van der Waals surface area contributed by atoms with Crippen molar-refractivity contribution in [3.8, 4) is 0 Å². The minimum Gasteiger partial charge on any atom is -0.390 e. The SMILES string of the molecule is CCC(C(C)C)C(C)(O)Cc1ccncc1. The van der Waals surface area contributed by atoms with Crippen molar-refractivity contribution in [2.45, 2.75) is 46.1 Å². The van der Waals surface area contributed by atoms with E-state index in [0.29, 0.717) is 18.3 Å². The van der Waals surface area contributed by atoms with Crippen LogP contribution in [0.2, 0.25) is 0 Å². The zero-order valence-electron chi connectivity index (χ0n) is 10.8. The van der Waals surface area contributed by atoms with Crippen molar-refractivity contribution in [2.24, 2.45) is 11.8 Å². The molecule has 1 N–H and O–H groups in total. The number of hydrogen-bond donors (Lipinski definition) is 1. The molecule has 0 aliphatic carbocycles. The standard InChI is InChI=1S/C14H23NO/c1-5-13(11(2)3)14(4,16)10-12-6-8-15-9-7-12/h6-9,11,13,16H,5,10H2,1-4H3. The van der Waals surface area contributed by atoms with Crippen LogP contribution in [0.25, 0.3) is 0 Å². The zero-order valence-corrected chi connectivity index (χ0v) is 10.8. The maximum Gasteiger partial charge on any atom is 0.0690 e. The fraction of sp³-hybridized carbons (Fsp3) is 0.643. The molecule has 0 bridgehead atoms. The lowest BCUT2D eigenvalue weighted by molar-refractivity contribution is -0.0219. The molecule has 1 aromatic rings. The highest BCUT2D eigenvalue weighted by atomic mass is 16.3. The molecule has 1 heterocycles. The van der Waals surface area contributed by atoms with Crippen LogP contribution in [0.3, 0.4) is 0 Å². The Bertz CT molecular complexity index is 306. The van der Waals surface area contributed by atoms with Gasteiger partial charge in [-0.3, -0.25) is 4.98 Å². The molecule has 2 atom stereocenters. The van der Waals surface area contributed by atoms with Gasteiger partial charge < -0.3 is 5.11 Å². The molecule has 2 nitrogen and oxygen atoms in total. The largest absolute Gasteiger partial charge is 0.390 e. The van der Waals surface area contributed by atoms with Crippen LogP contribution < -0.4 is 0 Å². The van der Waals surface area contributed by atoms with Crippen LogP contribution in [-0.4, -0.2) is 15.7 Å². The van der Waals surface area contributed by atoms with Crippen LogP contribution in [0.1, 0.15) is 39.7 Å². The lowest BCUT2D eigenvalue weighted by Crippen LogP contribution is -2.39. The summed E-state index contributed by atoms with van der Waals surface area (Å²) in [6.07, 6.45) is 5.27. The van der Waals surface area contributed by atoms with Gasteiger partial charge in [-0.15, -0.1) is 0 Å². The van der Waals surface area contributed by atoms with Crippen molar-refractivity contribution in [1.29, 1.82) is 0 Å². The molecule has 1 aromatic heterocycles. The second-order valence-electron chi connectivity index (χ2n) is 5.15. The highest BCUT2D eigenvalue weighted by Crippen LogP contribution is 2.30. The lowest BCUT2D eigenvalue weighted by atomic mass is 9.76. The molecule has 0 aromatic carbocycles. The second kappa shape index (κ2) is 5.44. The normalized spacial score (nSPS) is 17.1. The Morgan fingerprint density at radius 1 is 1.31 bits per heavy atom. The predicted octanol–water partition coefficient (Wildman–Crippen LogP) is 3.06. The fourth-order valence-corrected chi connectivity index (χ4v) is 2.67. The van der Waals surface area contributed by atoms with Crippen LogP contribution >= 0.6 is 0 Å². The summed E-state index contributed by atoms with van der Waals surface area (Å²) in [6, 6.07) is 3.95. The van der Waals surface area contributed by atoms with Gasteiger partial charge in [0.15, 0.2) is 0 Å². The Kier molecular flexibility index (Phi) is 4.48. The van der Waals surface area contributed by atoms with Gasteiger partial charge in [0.25, 0.3) is 0 Å². The molecule has 0 saturated heterocycles. The number of aliphatic hydroxyl groups is 1. The number of aromatic nitrogens is 1. The average Bonchev–Trinajstić information content (AvgIpc) is 2.18. The Labute approximate surface area is 98.7 Å². The average molecular weight is 221 g/mol. The van der Waals surface area contributed by atoms with Crippen molar-refractivity contribution in [2.75, 3.05) is 0 Å². The minimum absolute atomic E-state index is 0.334. The van der Waals surface area contributed by atoms with E-state index in [1.54, 1.807) is 12.4 Å². The molecule has 2 unspecified atom stereocenters. The Balaban J connectivity index is 2.77. The topological polar surface area (TPSA) is 33.1 Å². The van der Waals surface area contributed by atoms with Crippen molar-refractivity contribution >= 4 is 0 Å². The maximum atomic E-state index is 10.6. The van der Waals surface area contributed by atoms with Crippen LogP contribution in [0, 0.1) is 11.8 Å². The van der Waals surface area contributed by atoms with Gasteiger partial charge in [-0.2, -0.15) is 0 Å². The smallest absolute Gasteiger partial charge is 0.0690 e. The van der Waals surface area contributed by atoms with E-state index in [0.717, 1.165) is 12.0 Å². The Morgan fingerprint density at radius 2 is 1.88 bits per heavy atom. The summed E-state index contributed by atoms with van der Waals surface area (Å²) < 4.78 is 0. The van der Waals surface area contributed by atoms with E-state index < -0.39 is 5.60 Å². The minimum atomic E-state index is -0.635. The quantitative estimate of drug-likeness (QED) is 0.829. The highest BCUT2D eigenvalue weighted by molar-refractivity contribution is 5.13. The summed E-state index contributed by atoms with van der Waals surface area (Å²) in [7, 11) is 0. The van der Waals surface area contributed by atoms with E-state index >= 15 is 0 Å². The van der Waals surface area contributed by atoms with Gasteiger partial charge in [0.05, 0.1) is 5.60 Å². The molecule has 90 valence electrons. The summed E-state index contributed by atoms with van der Waals surface area (Å²) >= 11 is 0. The fourth-order valence-electron chi connectivity index (χ4n) is 2.67. The van der Waals surface area contributed by atoms with Gasteiger partial charge in [0, 0.05) is 18.8 Å². The molecular weight excluding hydrogens is 198 g/mol. The maximum absolute atomic E-state index is 10.6. The molecule has 0 aliphatic rings. The van der Waals surface area contributed by atoms with Crippen LogP contribution in [0.5, 0.6) is 0 Å². The molecule has 0 fully saturated rings. The van der Waals surface area contributed by atoms with Gasteiger partial charge in [0.2, 0.25) is 0 Å². The third-order valence-corrected chi connectivity index (χ3v) is 3.35. The molecule has 0 radical (unpaired) electrons. The van der Waals surface area contributed by atoms with Crippen molar-refractivity contribution < 1.29 is 5.11 Å². The summed E-state index contributed by atoms with van der Waals surface area (Å²) in [6.45, 7) is 8.44. The first-order valence-corrected chi connectivity index (χ1v) is 6.08. The molecule has 0 amide bonds. The van der Waals surface area contributed by atoms with Gasteiger partial charge >= 0.3 is 0 Å². The first kappa shape index (κ1) is 13.2. The van der Waals surface area contributed by atoms with Crippen LogP contribution in [0.4, 0.5) is 0 Å². The highest BCUT2D eigenvalue weighted by Gasteiger charge is 2.32. The Morgan fingerprint density at radius 3 is 2.31 bits per heavy atom. The van der Waals surface area contributed by atoms with E-state index in [-0.39, 0.29) is 0 Å². The van der Waals surface area contributed by atoms with E-state index in [4.69, 9.17) is 0 Å². The summed E-state index contributed by atoms with van der Waals surface area (Å²) in [5, 5.41) is 10.6. The number of pyridine rings is 1. The van der Waals surface area contributed by atoms with E-state index in [1.807, 2.05) is 19.1 Å². The molecule has 2 heteroatoms. The molecule has 1 rings (SSSR count). The number of nitrogens with zero attached hydrogens (tertiary/aromatic N) is 1. The zero-order chi connectivity index (χ0) is 12.2. The second-order valence-corrected chi connectivity index (χ2v) is 5.15. The summed E-state index contributed by atoms with van der Waals surface area (Å²) in [5.41, 5.74) is 0.517. The van der Waals surface area contributed by atoms with Gasteiger partial charge in [-0.05, 0) is 36.5 Å². The monoisotopic (exact) mass is 221 g/mol. The molecule has 0 aliphatic heterocycles. The lowest BCUT2D eigenvalue weighted by Gasteiger charge is -2.35. The summed E-state index contributed by atoms with van der Waals surface area (Å²) in [4.78, 5) is 3.99. The van der Waals surface area contributed by atoms with Crippen LogP contribution in [0.15, 0.2) is 24.5 Å². The van der Waals surface area contributed by atoms with Gasteiger partial charge in [-0.25, -0.2) is 0 Å². The van der Waals surface area contributed by atoms with Gasteiger partial charge in [0.1, 0.15) is 0 Å². The van der Waals surface area contributed by atoms with Crippen molar-refractivity contribution in [3.05, 3.63) is 30.1 Å². The third-order valence-electron chi connectivity index (χ3n) is 3.35. The van der Waals surface area contributed by atoms with E-state index in [2.05, 4.69) is 25.8 Å². The predicted molar refractivity (Wildman–Crippen MR) is 67.2 cm³/mol. The van der Waals surface area contributed by atoms with E-state index in [9.17, 15) is 5.11 Å². The first-order valence-electron chi connectivity index (χ1n) is 6.08. The van der Waals surface area contributed by atoms with Crippen molar-refractivity contribution in [1.82, 2.24) is 4.98 Å². The third kappa shape index (κ3) is 3.31. The van der Waals surface area contributed by atoms with Gasteiger partial charge in [-0.1, -0.05) is 27.2 Å². The van der Waals surface area contributed by atoms with Crippen molar-refractivity contribution in [3.63, 3.8) is 0 Å². The van der Waals surface area contributed by atoms with E-state index in [1.165, 1.54) is 0 Å². The number of rotatable bonds is 5. The van der Waals surface area contributed by atoms with Crippen LogP contribution in [-0.2, 0) is 6.42 Å². The molecule has 0 spiro atoms.